The van der Waals surface area contributed by atoms with Gasteiger partial charge in [0.05, 0.1) is 46.2 Å². The number of fused-ring (bicyclic) bond motifs is 1. The van der Waals surface area contributed by atoms with Gasteiger partial charge in [-0.1, -0.05) is 0 Å². The van der Waals surface area contributed by atoms with Gasteiger partial charge in [0.2, 0.25) is 11.7 Å². The number of aromatic nitrogens is 3. The van der Waals surface area contributed by atoms with E-state index in [9.17, 15) is 4.79 Å². The molecule has 0 unspecified atom stereocenters. The third-order valence-corrected chi connectivity index (χ3v) is 5.64. The quantitative estimate of drug-likeness (QED) is 0.384. The van der Waals surface area contributed by atoms with Crippen molar-refractivity contribution in [3.8, 4) is 34.4 Å². The number of aromatic amines is 1. The molecule has 4 aromatic rings. The maximum Gasteiger partial charge on any atom is 0.229 e. The molecular formula is C25H28N4O5. The number of benzene rings is 2. The first-order chi connectivity index (χ1) is 16.5. The number of anilines is 1. The monoisotopic (exact) mass is 464 g/mol. The van der Waals surface area contributed by atoms with E-state index in [4.69, 9.17) is 18.9 Å². The summed E-state index contributed by atoms with van der Waals surface area (Å²) in [7, 11) is 6.27. The molecule has 0 radical (unpaired) electrons. The van der Waals surface area contributed by atoms with E-state index in [1.54, 1.807) is 19.2 Å². The average Bonchev–Trinajstić information content (AvgIpc) is 3.46. The van der Waals surface area contributed by atoms with E-state index in [0.29, 0.717) is 23.1 Å². The van der Waals surface area contributed by atoms with Gasteiger partial charge in [-0.25, -0.2) is 0 Å². The normalized spacial score (nSPS) is 10.9. The zero-order chi connectivity index (χ0) is 24.2. The van der Waals surface area contributed by atoms with Crippen molar-refractivity contribution in [2.24, 2.45) is 0 Å². The second-order valence-corrected chi connectivity index (χ2v) is 7.62. The molecule has 0 spiro atoms. The fourth-order valence-electron chi connectivity index (χ4n) is 4.07. The van der Waals surface area contributed by atoms with E-state index in [1.807, 2.05) is 24.3 Å². The molecule has 178 valence electrons. The van der Waals surface area contributed by atoms with Crippen molar-refractivity contribution in [2.45, 2.75) is 19.9 Å². The highest BCUT2D eigenvalue weighted by Crippen LogP contribution is 2.38. The second-order valence-electron chi connectivity index (χ2n) is 7.62. The van der Waals surface area contributed by atoms with Gasteiger partial charge < -0.3 is 28.8 Å². The average molecular weight is 465 g/mol. The zero-order valence-electron chi connectivity index (χ0n) is 19.9. The molecule has 2 N–H and O–H groups in total. The molecule has 0 bridgehead atoms. The van der Waals surface area contributed by atoms with Crippen molar-refractivity contribution in [2.75, 3.05) is 33.8 Å². The minimum atomic E-state index is -0.215. The van der Waals surface area contributed by atoms with Gasteiger partial charge in [-0.3, -0.25) is 9.89 Å². The lowest BCUT2D eigenvalue weighted by Crippen LogP contribution is -2.15. The molecular weight excluding hydrogens is 436 g/mol. The van der Waals surface area contributed by atoms with Crippen LogP contribution >= 0.6 is 0 Å². The molecule has 2 aromatic heterocycles. The summed E-state index contributed by atoms with van der Waals surface area (Å²) in [6.07, 6.45) is 0.119. The summed E-state index contributed by atoms with van der Waals surface area (Å²) in [6, 6.07) is 13.4. The Kier molecular flexibility index (Phi) is 6.62. The molecule has 34 heavy (non-hydrogen) atoms. The molecule has 0 fully saturated rings. The Morgan fingerprint density at radius 2 is 1.71 bits per heavy atom. The van der Waals surface area contributed by atoms with Gasteiger partial charge in [0.15, 0.2) is 17.3 Å². The lowest BCUT2D eigenvalue weighted by molar-refractivity contribution is -0.115. The standard InChI is InChI=1S/C25H28N4O5/c1-6-29-19-8-7-17(31-2)12-16(19)13-20(29)18-14-23(28-27-18)26-24(30)11-15-9-21(32-3)25(34-5)22(10-15)33-4/h7-10,12-14H,6,11H2,1-5H3,(H2,26,27,28,30). The summed E-state index contributed by atoms with van der Waals surface area (Å²) in [5, 5.41) is 11.2. The van der Waals surface area contributed by atoms with Gasteiger partial charge in [-0.2, -0.15) is 5.10 Å². The zero-order valence-corrected chi connectivity index (χ0v) is 19.9. The summed E-state index contributed by atoms with van der Waals surface area (Å²) in [5.74, 6) is 2.50. The molecule has 0 aliphatic heterocycles. The van der Waals surface area contributed by atoms with Crippen LogP contribution < -0.4 is 24.3 Å². The number of hydrogen-bond acceptors (Lipinski definition) is 6. The summed E-state index contributed by atoms with van der Waals surface area (Å²) in [5.41, 5.74) is 3.60. The summed E-state index contributed by atoms with van der Waals surface area (Å²) < 4.78 is 23.6. The van der Waals surface area contributed by atoms with Crippen LogP contribution in [0.1, 0.15) is 12.5 Å². The third kappa shape index (κ3) is 4.36. The van der Waals surface area contributed by atoms with Crippen molar-refractivity contribution in [3.63, 3.8) is 0 Å². The Morgan fingerprint density at radius 1 is 0.971 bits per heavy atom. The Labute approximate surface area is 197 Å². The second kappa shape index (κ2) is 9.78. The fourth-order valence-corrected chi connectivity index (χ4v) is 4.07. The number of amides is 1. The van der Waals surface area contributed by atoms with Crippen LogP contribution in [-0.4, -0.2) is 49.1 Å². The lowest BCUT2D eigenvalue weighted by Gasteiger charge is -2.13. The molecule has 0 aliphatic carbocycles. The SMILES string of the molecule is CCn1c(-c2cc(NC(=O)Cc3cc(OC)c(OC)c(OC)c3)n[nH]2)cc2cc(OC)ccc21. The number of hydrogen-bond donors (Lipinski definition) is 2. The van der Waals surface area contributed by atoms with Crippen LogP contribution in [0.2, 0.25) is 0 Å². The summed E-state index contributed by atoms with van der Waals surface area (Å²) >= 11 is 0. The highest BCUT2D eigenvalue weighted by atomic mass is 16.5. The van der Waals surface area contributed by atoms with Crippen molar-refractivity contribution >= 4 is 22.6 Å². The smallest absolute Gasteiger partial charge is 0.229 e. The topological polar surface area (TPSA) is 99.6 Å². The van der Waals surface area contributed by atoms with Crippen molar-refractivity contribution < 1.29 is 23.7 Å². The molecule has 0 saturated heterocycles. The fraction of sp³-hybridized carbons (Fsp3) is 0.280. The van der Waals surface area contributed by atoms with Crippen LogP contribution in [0.5, 0.6) is 23.0 Å². The maximum absolute atomic E-state index is 12.7. The van der Waals surface area contributed by atoms with E-state index >= 15 is 0 Å². The molecule has 2 aromatic carbocycles. The number of rotatable bonds is 9. The Balaban J connectivity index is 1.54. The number of methoxy groups -OCH3 is 4. The van der Waals surface area contributed by atoms with Crippen LogP contribution in [-0.2, 0) is 17.8 Å². The van der Waals surface area contributed by atoms with E-state index in [-0.39, 0.29) is 12.3 Å². The number of nitrogens with zero attached hydrogens (tertiary/aromatic N) is 2. The van der Waals surface area contributed by atoms with Crippen LogP contribution in [0.4, 0.5) is 5.82 Å². The first-order valence-electron chi connectivity index (χ1n) is 10.8. The van der Waals surface area contributed by atoms with Crippen molar-refractivity contribution in [1.82, 2.24) is 14.8 Å². The molecule has 0 atom stereocenters. The predicted octanol–water partition coefficient (Wildman–Crippen LogP) is 4.27. The van der Waals surface area contributed by atoms with E-state index < -0.39 is 0 Å². The number of H-pyrrole nitrogens is 1. The van der Waals surface area contributed by atoms with Gasteiger partial charge in [-0.05, 0) is 48.9 Å². The van der Waals surface area contributed by atoms with Gasteiger partial charge in [0.1, 0.15) is 5.75 Å². The van der Waals surface area contributed by atoms with Crippen molar-refractivity contribution in [3.05, 3.63) is 48.0 Å². The highest BCUT2D eigenvalue weighted by Gasteiger charge is 2.17. The Bertz CT molecular complexity index is 1300. The van der Waals surface area contributed by atoms with E-state index in [2.05, 4.69) is 33.1 Å². The van der Waals surface area contributed by atoms with Gasteiger partial charge in [-0.15, -0.1) is 0 Å². The number of carbonyl (C=O) groups is 1. The molecule has 1 amide bonds. The maximum atomic E-state index is 12.7. The molecule has 0 saturated carbocycles. The molecule has 9 nitrogen and oxygen atoms in total. The van der Waals surface area contributed by atoms with Crippen LogP contribution in [0.3, 0.4) is 0 Å². The molecule has 2 heterocycles. The van der Waals surface area contributed by atoms with Gasteiger partial charge in [0.25, 0.3) is 0 Å². The number of aryl methyl sites for hydroxylation is 1. The number of ether oxygens (including phenoxy) is 4. The number of carbonyl (C=O) groups excluding carboxylic acids is 1. The van der Waals surface area contributed by atoms with Gasteiger partial charge >= 0.3 is 0 Å². The number of nitrogens with one attached hydrogen (secondary N) is 2. The van der Waals surface area contributed by atoms with E-state index in [1.165, 1.54) is 21.3 Å². The predicted molar refractivity (Wildman–Crippen MR) is 130 cm³/mol. The summed E-state index contributed by atoms with van der Waals surface area (Å²) in [6.45, 7) is 2.87. The lowest BCUT2D eigenvalue weighted by atomic mass is 10.1. The van der Waals surface area contributed by atoms with E-state index in [0.717, 1.165) is 40.1 Å². The summed E-state index contributed by atoms with van der Waals surface area (Å²) in [4.78, 5) is 12.7. The minimum Gasteiger partial charge on any atom is -0.497 e. The first-order valence-corrected chi connectivity index (χ1v) is 10.8. The molecule has 9 heteroatoms. The van der Waals surface area contributed by atoms with Crippen LogP contribution in [0, 0.1) is 0 Å². The largest absolute Gasteiger partial charge is 0.497 e. The van der Waals surface area contributed by atoms with Gasteiger partial charge in [0, 0.05) is 23.5 Å². The first kappa shape index (κ1) is 23.0. The molecule has 0 aliphatic rings. The minimum absolute atomic E-state index is 0.119. The molecule has 4 rings (SSSR count). The van der Waals surface area contributed by atoms with Crippen molar-refractivity contribution in [1.29, 1.82) is 0 Å². The van der Waals surface area contributed by atoms with Crippen LogP contribution in [0.15, 0.2) is 42.5 Å². The van der Waals surface area contributed by atoms with Crippen LogP contribution in [0.25, 0.3) is 22.3 Å². The third-order valence-electron chi connectivity index (χ3n) is 5.64. The highest BCUT2D eigenvalue weighted by molar-refractivity contribution is 5.93. The Morgan fingerprint density at radius 3 is 2.32 bits per heavy atom. The Hall–Kier alpha value is -4.14.